The third kappa shape index (κ3) is 3.92. The van der Waals surface area contributed by atoms with Crippen molar-refractivity contribution in [2.75, 3.05) is 26.3 Å². The van der Waals surface area contributed by atoms with E-state index in [-0.39, 0.29) is 17.8 Å². The summed E-state index contributed by atoms with van der Waals surface area (Å²) in [5.41, 5.74) is 3.06. The Morgan fingerprint density at radius 2 is 2.37 bits per heavy atom. The number of rotatable bonds is 5. The average Bonchev–Trinajstić information content (AvgIpc) is 3.35. The molecule has 3 heterocycles. The van der Waals surface area contributed by atoms with Crippen LogP contribution in [0.25, 0.3) is 16.5 Å². The molecule has 0 radical (unpaired) electrons. The lowest BCUT2D eigenvalue weighted by atomic mass is 9.98. The monoisotopic (exact) mass is 372 g/mol. The number of hydrogen-bond donors (Lipinski definition) is 1. The molecule has 2 aliphatic heterocycles. The van der Waals surface area contributed by atoms with Gasteiger partial charge in [0.15, 0.2) is 0 Å². The van der Waals surface area contributed by atoms with Gasteiger partial charge in [-0.1, -0.05) is 6.08 Å². The van der Waals surface area contributed by atoms with Crippen molar-refractivity contribution < 1.29 is 18.7 Å². The van der Waals surface area contributed by atoms with Gasteiger partial charge in [0.05, 0.1) is 12.7 Å². The Morgan fingerprint density at radius 3 is 3.11 bits per heavy atom. The number of carbonyl (C=O) groups is 1. The Hall–Kier alpha value is -2.18. The van der Waals surface area contributed by atoms with Crippen LogP contribution in [0.4, 0.5) is 4.39 Å². The Labute approximate surface area is 158 Å². The number of benzene rings is 1. The lowest BCUT2D eigenvalue weighted by Crippen LogP contribution is -2.42. The van der Waals surface area contributed by atoms with Crippen LogP contribution in [0.1, 0.15) is 31.7 Å². The molecule has 2 aromatic rings. The first-order valence-electron chi connectivity index (χ1n) is 9.60. The highest BCUT2D eigenvalue weighted by atomic mass is 19.1. The topological polar surface area (TPSA) is 54.6 Å². The molecule has 5 nitrogen and oxygen atoms in total. The summed E-state index contributed by atoms with van der Waals surface area (Å²) in [7, 11) is 0. The van der Waals surface area contributed by atoms with Crippen molar-refractivity contribution in [1.82, 2.24) is 9.88 Å². The molecule has 2 atom stereocenters. The number of nitrogens with one attached hydrogen (secondary N) is 1. The first-order valence-corrected chi connectivity index (χ1v) is 9.60. The molecule has 27 heavy (non-hydrogen) atoms. The number of aromatic nitrogens is 1. The highest BCUT2D eigenvalue weighted by Gasteiger charge is 2.25. The van der Waals surface area contributed by atoms with E-state index in [0.29, 0.717) is 19.7 Å². The second-order valence-electron chi connectivity index (χ2n) is 7.27. The van der Waals surface area contributed by atoms with Gasteiger partial charge in [-0.2, -0.15) is 0 Å². The Kier molecular flexibility index (Phi) is 5.27. The van der Waals surface area contributed by atoms with Crippen LogP contribution in [0, 0.1) is 5.82 Å². The number of ether oxygens (including phenoxy) is 2. The van der Waals surface area contributed by atoms with Crippen molar-refractivity contribution in [1.29, 1.82) is 0 Å². The summed E-state index contributed by atoms with van der Waals surface area (Å²) in [4.78, 5) is 17.6. The zero-order valence-electron chi connectivity index (χ0n) is 15.5. The van der Waals surface area contributed by atoms with Gasteiger partial charge >= 0.3 is 0 Å². The maximum absolute atomic E-state index is 13.4. The van der Waals surface area contributed by atoms with E-state index in [0.717, 1.165) is 42.3 Å². The summed E-state index contributed by atoms with van der Waals surface area (Å²) in [5.74, 6) is -0.230. The highest BCUT2D eigenvalue weighted by Crippen LogP contribution is 2.29. The van der Waals surface area contributed by atoms with Crippen LogP contribution in [0.15, 0.2) is 30.5 Å². The van der Waals surface area contributed by atoms with E-state index in [1.54, 1.807) is 6.07 Å². The van der Waals surface area contributed by atoms with Crippen molar-refractivity contribution in [3.05, 3.63) is 41.9 Å². The van der Waals surface area contributed by atoms with Gasteiger partial charge in [-0.05, 0) is 50.0 Å². The Balaban J connectivity index is 1.37. The Bertz CT molecular complexity index is 854. The molecule has 4 rings (SSSR count). The van der Waals surface area contributed by atoms with E-state index in [2.05, 4.69) is 11.1 Å². The molecule has 1 N–H and O–H groups in total. The van der Waals surface area contributed by atoms with E-state index in [4.69, 9.17) is 9.47 Å². The van der Waals surface area contributed by atoms with Crippen molar-refractivity contribution in [2.45, 2.75) is 38.4 Å². The first-order chi connectivity index (χ1) is 13.1. The molecule has 6 heteroatoms. The van der Waals surface area contributed by atoms with Gasteiger partial charge < -0.3 is 19.4 Å². The van der Waals surface area contributed by atoms with Crippen molar-refractivity contribution in [3.63, 3.8) is 0 Å². The van der Waals surface area contributed by atoms with Crippen LogP contribution >= 0.6 is 0 Å². The molecule has 1 aromatic heterocycles. The number of amides is 1. The fourth-order valence-electron chi connectivity index (χ4n) is 3.83. The van der Waals surface area contributed by atoms with Crippen molar-refractivity contribution >= 4 is 22.4 Å². The smallest absolute Gasteiger partial charge is 0.251 e. The van der Waals surface area contributed by atoms with Gasteiger partial charge in [-0.3, -0.25) is 4.79 Å². The quantitative estimate of drug-likeness (QED) is 0.874. The fourth-order valence-corrected chi connectivity index (χ4v) is 3.83. The molecule has 2 aliphatic rings. The van der Waals surface area contributed by atoms with Crippen molar-refractivity contribution in [3.8, 4) is 0 Å². The minimum Gasteiger partial charge on any atom is -0.376 e. The Morgan fingerprint density at radius 1 is 1.48 bits per heavy atom. The molecular weight excluding hydrogens is 347 g/mol. The molecule has 144 valence electrons. The molecule has 1 aromatic carbocycles. The average molecular weight is 372 g/mol. The normalized spacial score (nSPS) is 21.5. The zero-order chi connectivity index (χ0) is 18.8. The molecule has 0 unspecified atom stereocenters. The second kappa shape index (κ2) is 7.82. The number of fused-ring (bicyclic) bond motifs is 1. The molecule has 1 fully saturated rings. The summed E-state index contributed by atoms with van der Waals surface area (Å²) >= 11 is 0. The number of halogens is 1. The molecule has 0 bridgehead atoms. The van der Waals surface area contributed by atoms with E-state index in [1.165, 1.54) is 17.7 Å². The summed E-state index contributed by atoms with van der Waals surface area (Å²) in [6, 6.07) is 4.78. The highest BCUT2D eigenvalue weighted by molar-refractivity contribution is 5.93. The predicted octanol–water partition coefficient (Wildman–Crippen LogP) is 3.51. The van der Waals surface area contributed by atoms with Gasteiger partial charge in [-0.25, -0.2) is 4.39 Å². The third-order valence-electron chi connectivity index (χ3n) is 5.41. The summed E-state index contributed by atoms with van der Waals surface area (Å²) in [6.07, 6.45) is 6.51. The van der Waals surface area contributed by atoms with Crippen LogP contribution < -0.4 is 0 Å². The maximum Gasteiger partial charge on any atom is 0.251 e. The van der Waals surface area contributed by atoms with Crippen LogP contribution in [-0.4, -0.2) is 54.3 Å². The predicted molar refractivity (Wildman–Crippen MR) is 102 cm³/mol. The number of carbonyl (C=O) groups excluding carboxylic acids is 1. The molecule has 0 spiro atoms. The second-order valence-corrected chi connectivity index (χ2v) is 7.27. The SMILES string of the molecule is C[C@H](OC[C@H]1CCCO1)C(=O)N1CC=C(c2c[nH]c3cc(F)ccc23)CC1. The third-order valence-corrected chi connectivity index (χ3v) is 5.41. The van der Waals surface area contributed by atoms with Gasteiger partial charge in [0.2, 0.25) is 0 Å². The van der Waals surface area contributed by atoms with Crippen molar-refractivity contribution in [2.24, 2.45) is 0 Å². The van der Waals surface area contributed by atoms with Crippen LogP contribution in [0.5, 0.6) is 0 Å². The van der Waals surface area contributed by atoms with Gasteiger partial charge in [0.25, 0.3) is 5.91 Å². The fraction of sp³-hybridized carbons (Fsp3) is 0.476. The van der Waals surface area contributed by atoms with Gasteiger partial charge in [-0.15, -0.1) is 0 Å². The molecule has 1 saturated heterocycles. The number of aromatic amines is 1. The van der Waals surface area contributed by atoms with Gasteiger partial charge in [0.1, 0.15) is 11.9 Å². The van der Waals surface area contributed by atoms with E-state index < -0.39 is 6.10 Å². The van der Waals surface area contributed by atoms with Gasteiger partial charge in [0, 0.05) is 42.4 Å². The summed E-state index contributed by atoms with van der Waals surface area (Å²) < 4.78 is 24.6. The first kappa shape index (κ1) is 18.2. The van der Waals surface area contributed by atoms with E-state index in [9.17, 15) is 9.18 Å². The molecule has 1 amide bonds. The zero-order valence-corrected chi connectivity index (χ0v) is 15.5. The molecule has 0 aliphatic carbocycles. The lowest BCUT2D eigenvalue weighted by Gasteiger charge is -2.29. The minimum atomic E-state index is -0.458. The number of hydrogen-bond acceptors (Lipinski definition) is 3. The minimum absolute atomic E-state index is 0.0179. The van der Waals surface area contributed by atoms with Crippen LogP contribution in [0.2, 0.25) is 0 Å². The summed E-state index contributed by atoms with van der Waals surface area (Å²) in [5, 5.41) is 1.01. The van der Waals surface area contributed by atoms with E-state index >= 15 is 0 Å². The van der Waals surface area contributed by atoms with E-state index in [1.807, 2.05) is 18.0 Å². The number of H-pyrrole nitrogens is 1. The summed E-state index contributed by atoms with van der Waals surface area (Å²) in [6.45, 7) is 4.30. The molecule has 0 saturated carbocycles. The number of nitrogens with zero attached hydrogens (tertiary/aromatic N) is 1. The van der Waals surface area contributed by atoms with Crippen LogP contribution in [0.3, 0.4) is 0 Å². The largest absolute Gasteiger partial charge is 0.376 e. The maximum atomic E-state index is 13.4. The van der Waals surface area contributed by atoms with Crippen LogP contribution in [-0.2, 0) is 14.3 Å². The molecular formula is C21H25FN2O3. The standard InChI is InChI=1S/C21H25FN2O3/c1-14(27-13-17-3-2-10-26-17)21(25)24-8-6-15(7-9-24)19-12-23-20-11-16(22)4-5-18(19)20/h4-6,11-12,14,17,23H,2-3,7-10,13H2,1H3/t14-,17+/m0/s1. The lowest BCUT2D eigenvalue weighted by molar-refractivity contribution is -0.144.